The van der Waals surface area contributed by atoms with E-state index in [1.807, 2.05) is 32.1 Å². The number of hydrogen-bond acceptors (Lipinski definition) is 6. The van der Waals surface area contributed by atoms with Crippen molar-refractivity contribution < 1.29 is 25.5 Å². The van der Waals surface area contributed by atoms with E-state index >= 15 is 0 Å². The molecule has 3 aromatic rings. The number of aromatic nitrogens is 1. The molecule has 0 aliphatic heterocycles. The summed E-state index contributed by atoms with van der Waals surface area (Å²) in [5, 5.41) is 49.1. The maximum atomic E-state index is 10.1. The van der Waals surface area contributed by atoms with Gasteiger partial charge < -0.3 is 25.5 Å². The molecule has 6 nitrogen and oxygen atoms in total. The zero-order chi connectivity index (χ0) is 18.3. The van der Waals surface area contributed by atoms with Crippen LogP contribution in [0.25, 0.3) is 22.4 Å². The molecule has 1 heterocycles. The van der Waals surface area contributed by atoms with Crippen molar-refractivity contribution in [1.82, 2.24) is 4.98 Å². The van der Waals surface area contributed by atoms with Crippen LogP contribution in [0.15, 0.2) is 36.5 Å². The second-order valence-corrected chi connectivity index (χ2v) is 5.87. The van der Waals surface area contributed by atoms with Gasteiger partial charge in [-0.15, -0.1) is 0 Å². The average molecular weight is 337 g/mol. The number of nitrogens with zero attached hydrogens (tertiary/aromatic N) is 1. The molecule has 25 heavy (non-hydrogen) atoms. The highest BCUT2D eigenvalue weighted by Crippen LogP contribution is 2.55. The molecule has 7 heteroatoms. The number of phenolic OH excluding ortho intramolecular Hbond substituents is 5. The Labute approximate surface area is 144 Å². The first-order chi connectivity index (χ1) is 11.8. The van der Waals surface area contributed by atoms with Crippen molar-refractivity contribution in [2.24, 2.45) is 0 Å². The molecular formula is C18H16BNO5. The summed E-state index contributed by atoms with van der Waals surface area (Å²) < 4.78 is 0. The van der Waals surface area contributed by atoms with E-state index in [1.54, 1.807) is 13.0 Å². The summed E-state index contributed by atoms with van der Waals surface area (Å²) in [7, 11) is 1.99. The lowest BCUT2D eigenvalue weighted by atomic mass is 9.94. The van der Waals surface area contributed by atoms with Crippen LogP contribution < -0.4 is 5.46 Å². The van der Waals surface area contributed by atoms with E-state index in [2.05, 4.69) is 4.98 Å². The van der Waals surface area contributed by atoms with Gasteiger partial charge in [0.05, 0.1) is 11.3 Å². The molecule has 1 aromatic heterocycles. The van der Waals surface area contributed by atoms with Crippen molar-refractivity contribution in [2.45, 2.75) is 6.92 Å². The number of aryl methyl sites for hydroxylation is 1. The van der Waals surface area contributed by atoms with Crippen molar-refractivity contribution >= 4 is 13.3 Å². The van der Waals surface area contributed by atoms with Gasteiger partial charge in [0.15, 0.2) is 11.5 Å². The number of phenols is 5. The van der Waals surface area contributed by atoms with Crippen LogP contribution in [-0.2, 0) is 0 Å². The van der Waals surface area contributed by atoms with Gasteiger partial charge in [-0.1, -0.05) is 29.7 Å². The van der Waals surface area contributed by atoms with Crippen LogP contribution in [0.5, 0.6) is 28.7 Å². The zero-order valence-electron chi connectivity index (χ0n) is 13.6. The molecule has 0 unspecified atom stereocenters. The fraction of sp³-hybridized carbons (Fsp3) is 0.0556. The lowest BCUT2D eigenvalue weighted by molar-refractivity contribution is 0.330. The van der Waals surface area contributed by atoms with Gasteiger partial charge in [0, 0.05) is 17.3 Å². The van der Waals surface area contributed by atoms with Crippen LogP contribution in [0.4, 0.5) is 0 Å². The first-order valence-corrected chi connectivity index (χ1v) is 7.54. The molecule has 3 rings (SSSR count). The Kier molecular flexibility index (Phi) is 3.92. The Morgan fingerprint density at radius 3 is 1.84 bits per heavy atom. The van der Waals surface area contributed by atoms with Crippen molar-refractivity contribution in [3.05, 3.63) is 42.1 Å². The normalized spacial score (nSPS) is 10.8. The topological polar surface area (TPSA) is 114 Å². The Bertz CT molecular complexity index is 941. The highest BCUT2D eigenvalue weighted by Gasteiger charge is 2.25. The van der Waals surface area contributed by atoms with Crippen LogP contribution in [0, 0.1) is 6.92 Å². The highest BCUT2D eigenvalue weighted by atomic mass is 16.4. The maximum absolute atomic E-state index is 10.1. The molecule has 0 aliphatic rings. The molecule has 0 saturated carbocycles. The second kappa shape index (κ2) is 5.94. The maximum Gasteiger partial charge on any atom is 0.208 e. The lowest BCUT2D eigenvalue weighted by Crippen LogP contribution is -1.99. The predicted octanol–water partition coefficient (Wildman–Crippen LogP) is 1.51. The first-order valence-electron chi connectivity index (χ1n) is 7.54. The third kappa shape index (κ3) is 2.69. The number of aromatic hydroxyl groups is 5. The molecule has 0 spiro atoms. The Morgan fingerprint density at radius 2 is 1.32 bits per heavy atom. The number of pyridine rings is 1. The minimum absolute atomic E-state index is 0.201. The Balaban J connectivity index is 2.16. The van der Waals surface area contributed by atoms with Gasteiger partial charge in [-0.3, -0.25) is 4.98 Å². The molecule has 0 aliphatic carbocycles. The zero-order valence-corrected chi connectivity index (χ0v) is 13.6. The third-order valence-electron chi connectivity index (χ3n) is 4.10. The van der Waals surface area contributed by atoms with Crippen LogP contribution in [0.1, 0.15) is 5.56 Å². The van der Waals surface area contributed by atoms with Gasteiger partial charge in [-0.2, -0.15) is 0 Å². The molecule has 0 fully saturated rings. The van der Waals surface area contributed by atoms with E-state index in [4.69, 9.17) is 0 Å². The molecule has 0 amide bonds. The molecule has 0 atom stereocenters. The van der Waals surface area contributed by atoms with E-state index in [1.165, 1.54) is 6.20 Å². The quantitative estimate of drug-likeness (QED) is 0.275. The molecule has 0 saturated heterocycles. The van der Waals surface area contributed by atoms with Gasteiger partial charge in [0.2, 0.25) is 17.2 Å². The van der Waals surface area contributed by atoms with Crippen molar-refractivity contribution in [3.63, 3.8) is 0 Å². The van der Waals surface area contributed by atoms with Crippen LogP contribution in [0.2, 0.25) is 0 Å². The van der Waals surface area contributed by atoms with Gasteiger partial charge >= 0.3 is 0 Å². The predicted molar refractivity (Wildman–Crippen MR) is 96.3 cm³/mol. The minimum atomic E-state index is -0.986. The monoisotopic (exact) mass is 337 g/mol. The SMILES string of the molecule is Bc1ccc(-c2cc(C)c(-c3c(O)c(O)c(O)c(O)c3O)cn2)cc1. The second-order valence-electron chi connectivity index (χ2n) is 5.87. The van der Waals surface area contributed by atoms with Crippen molar-refractivity contribution in [2.75, 3.05) is 0 Å². The number of rotatable bonds is 2. The van der Waals surface area contributed by atoms with Crippen molar-refractivity contribution in [1.29, 1.82) is 0 Å². The van der Waals surface area contributed by atoms with E-state index < -0.39 is 28.7 Å². The van der Waals surface area contributed by atoms with Gasteiger partial charge in [0.25, 0.3) is 0 Å². The lowest BCUT2D eigenvalue weighted by Gasteiger charge is -2.14. The number of hydrogen-bond donors (Lipinski definition) is 5. The molecule has 0 bridgehead atoms. The molecule has 126 valence electrons. The fourth-order valence-corrected chi connectivity index (χ4v) is 2.64. The first kappa shape index (κ1) is 16.5. The molecular weight excluding hydrogens is 321 g/mol. The summed E-state index contributed by atoms with van der Waals surface area (Å²) in [6.07, 6.45) is 1.43. The van der Waals surface area contributed by atoms with Crippen LogP contribution in [0.3, 0.4) is 0 Å². The Morgan fingerprint density at radius 1 is 0.800 bits per heavy atom. The Hall–Kier alpha value is -3.35. The summed E-state index contributed by atoms with van der Waals surface area (Å²) in [6.45, 7) is 1.74. The molecule has 0 radical (unpaired) electrons. The van der Waals surface area contributed by atoms with E-state index in [9.17, 15) is 25.5 Å². The summed E-state index contributed by atoms with van der Waals surface area (Å²) in [5.41, 5.74) is 3.50. The highest BCUT2D eigenvalue weighted by molar-refractivity contribution is 6.32. The summed E-state index contributed by atoms with van der Waals surface area (Å²) in [6, 6.07) is 9.57. The van der Waals surface area contributed by atoms with Gasteiger partial charge in [0.1, 0.15) is 7.85 Å². The molecule has 2 aromatic carbocycles. The summed E-state index contributed by atoms with van der Waals surface area (Å²) in [5.74, 6) is -4.28. The van der Waals surface area contributed by atoms with Crippen LogP contribution >= 0.6 is 0 Å². The smallest absolute Gasteiger partial charge is 0.208 e. The molecule has 5 N–H and O–H groups in total. The largest absolute Gasteiger partial charge is 0.504 e. The van der Waals surface area contributed by atoms with E-state index in [0.29, 0.717) is 16.8 Å². The van der Waals surface area contributed by atoms with Crippen molar-refractivity contribution in [3.8, 4) is 51.1 Å². The third-order valence-corrected chi connectivity index (χ3v) is 4.10. The summed E-state index contributed by atoms with van der Waals surface area (Å²) in [4.78, 5) is 4.33. The standard InChI is InChI=1S/C18H16BNO5/c1-8-6-12(9-2-4-10(19)5-3-9)20-7-11(8)13-14(21)16(23)18(25)17(24)15(13)22/h2-7,21-25H,19H2,1H3. The van der Waals surface area contributed by atoms with Gasteiger partial charge in [-0.05, 0) is 18.6 Å². The van der Waals surface area contributed by atoms with Crippen LogP contribution in [-0.4, -0.2) is 38.4 Å². The van der Waals surface area contributed by atoms with E-state index in [-0.39, 0.29) is 5.56 Å². The van der Waals surface area contributed by atoms with Gasteiger partial charge in [-0.25, -0.2) is 0 Å². The number of benzene rings is 2. The summed E-state index contributed by atoms with van der Waals surface area (Å²) >= 11 is 0. The van der Waals surface area contributed by atoms with E-state index in [0.717, 1.165) is 11.0 Å². The fourth-order valence-electron chi connectivity index (χ4n) is 2.64. The minimum Gasteiger partial charge on any atom is -0.504 e. The average Bonchev–Trinajstić information content (AvgIpc) is 2.60.